The highest BCUT2D eigenvalue weighted by molar-refractivity contribution is 6.04. The summed E-state index contributed by atoms with van der Waals surface area (Å²) in [5.41, 5.74) is 0.400. The van der Waals surface area contributed by atoms with E-state index in [9.17, 15) is 14.7 Å². The van der Waals surface area contributed by atoms with Crippen LogP contribution in [0.25, 0.3) is 32.6 Å². The zero-order valence-electron chi connectivity index (χ0n) is 21.4. The van der Waals surface area contributed by atoms with Gasteiger partial charge in [-0.15, -0.1) is 0 Å². The second-order valence-corrected chi connectivity index (χ2v) is 10.5. The van der Waals surface area contributed by atoms with Crippen LogP contribution in [0.3, 0.4) is 0 Å². The second kappa shape index (κ2) is 8.52. The largest absolute Gasteiger partial charge is 0.496 e. The molecule has 2 heterocycles. The van der Waals surface area contributed by atoms with E-state index in [0.717, 1.165) is 10.8 Å². The maximum Gasteiger partial charge on any atom is 0.306 e. The number of pyridine rings is 1. The van der Waals surface area contributed by atoms with Crippen molar-refractivity contribution in [3.63, 3.8) is 0 Å². The fourth-order valence-electron chi connectivity index (χ4n) is 5.28. The van der Waals surface area contributed by atoms with Crippen LogP contribution in [0.15, 0.2) is 47.3 Å². The predicted molar refractivity (Wildman–Crippen MR) is 140 cm³/mol. The number of esters is 1. The zero-order chi connectivity index (χ0) is 25.9. The van der Waals surface area contributed by atoms with Crippen LogP contribution in [0.5, 0.6) is 11.5 Å². The molecule has 1 aliphatic heterocycles. The van der Waals surface area contributed by atoms with Gasteiger partial charge < -0.3 is 23.9 Å². The van der Waals surface area contributed by atoms with Crippen molar-refractivity contribution in [3.8, 4) is 11.5 Å². The molecule has 0 saturated heterocycles. The molecule has 0 radical (unpaired) electrons. The van der Waals surface area contributed by atoms with Crippen molar-refractivity contribution in [1.82, 2.24) is 4.57 Å². The number of hydrogen-bond acceptors (Lipinski definition) is 6. The maximum atomic E-state index is 13.9. The predicted octanol–water partition coefficient (Wildman–Crippen LogP) is 5.02. The number of rotatable bonds is 4. The highest BCUT2D eigenvalue weighted by Gasteiger charge is 2.47. The zero-order valence-corrected chi connectivity index (χ0v) is 21.4. The van der Waals surface area contributed by atoms with Gasteiger partial charge in [0.1, 0.15) is 23.2 Å². The van der Waals surface area contributed by atoms with E-state index in [1.165, 1.54) is 7.11 Å². The molecule has 2 atom stereocenters. The molecule has 1 N–H and O–H groups in total. The van der Waals surface area contributed by atoms with E-state index in [-0.39, 0.29) is 17.8 Å². The summed E-state index contributed by atoms with van der Waals surface area (Å²) in [7, 11) is 3.36. The van der Waals surface area contributed by atoms with Gasteiger partial charge in [-0.1, -0.05) is 38.1 Å². The van der Waals surface area contributed by atoms with Crippen molar-refractivity contribution in [1.29, 1.82) is 0 Å². The smallest absolute Gasteiger partial charge is 0.306 e. The van der Waals surface area contributed by atoms with E-state index in [0.29, 0.717) is 38.9 Å². The van der Waals surface area contributed by atoms with E-state index < -0.39 is 23.8 Å². The summed E-state index contributed by atoms with van der Waals surface area (Å²) in [5.74, 6) is 0.459. The van der Waals surface area contributed by atoms with E-state index in [1.807, 2.05) is 61.9 Å². The fourth-order valence-corrected chi connectivity index (χ4v) is 5.28. The van der Waals surface area contributed by atoms with Crippen molar-refractivity contribution in [2.75, 3.05) is 7.11 Å². The average Bonchev–Trinajstić information content (AvgIpc) is 2.82. The monoisotopic (exact) mass is 489 g/mol. The van der Waals surface area contributed by atoms with Crippen molar-refractivity contribution >= 4 is 38.5 Å². The Morgan fingerprint density at radius 2 is 1.83 bits per heavy atom. The van der Waals surface area contributed by atoms with Crippen LogP contribution < -0.4 is 14.9 Å². The van der Waals surface area contributed by atoms with E-state index in [1.54, 1.807) is 19.9 Å². The summed E-state index contributed by atoms with van der Waals surface area (Å²) in [5, 5.41) is 14.5. The highest BCUT2D eigenvalue weighted by atomic mass is 16.6. The Kier molecular flexibility index (Phi) is 5.71. The summed E-state index contributed by atoms with van der Waals surface area (Å²) >= 11 is 0. The molecule has 0 bridgehead atoms. The Bertz CT molecular complexity index is 1580. The molecule has 0 unspecified atom stereocenters. The van der Waals surface area contributed by atoms with Gasteiger partial charge in [0.2, 0.25) is 5.43 Å². The van der Waals surface area contributed by atoms with Gasteiger partial charge in [0, 0.05) is 24.9 Å². The van der Waals surface area contributed by atoms with Gasteiger partial charge in [0.15, 0.2) is 6.10 Å². The molecule has 0 amide bonds. The lowest BCUT2D eigenvalue weighted by Gasteiger charge is -2.42. The number of aliphatic hydroxyl groups is 1. The topological polar surface area (TPSA) is 87.0 Å². The Morgan fingerprint density at radius 3 is 2.47 bits per heavy atom. The quantitative estimate of drug-likeness (QED) is 0.320. The van der Waals surface area contributed by atoms with Crippen LogP contribution in [0, 0.1) is 5.92 Å². The number of carbonyl (C=O) groups is 1. The van der Waals surface area contributed by atoms with Crippen LogP contribution in [0.1, 0.15) is 45.8 Å². The van der Waals surface area contributed by atoms with Crippen molar-refractivity contribution in [3.05, 3.63) is 58.3 Å². The SMILES string of the molecule is COc1cc2c(c3c1c(=O)c1cc4ccccc4cc1n3C)[C@@H](O)[C@@H](OC(=O)CC(C)C)C(C)(C)O2. The summed E-state index contributed by atoms with van der Waals surface area (Å²) in [6.45, 7) is 7.41. The number of nitrogens with zero attached hydrogens (tertiary/aromatic N) is 1. The van der Waals surface area contributed by atoms with E-state index >= 15 is 0 Å². The van der Waals surface area contributed by atoms with Crippen molar-refractivity contribution in [2.45, 2.75) is 51.9 Å². The molecule has 5 rings (SSSR count). The minimum absolute atomic E-state index is 0.113. The minimum atomic E-state index is -1.21. The first kappa shape index (κ1) is 24.1. The van der Waals surface area contributed by atoms with Gasteiger partial charge >= 0.3 is 5.97 Å². The van der Waals surface area contributed by atoms with E-state index in [2.05, 4.69) is 0 Å². The molecule has 0 aliphatic carbocycles. The molecule has 0 spiro atoms. The molecule has 7 nitrogen and oxygen atoms in total. The standard InChI is InChI=1S/C29H31NO6/c1-15(2)11-22(31)35-28-27(33)24-21(36-29(28,3)4)14-20(34-6)23-25(24)30(5)19-13-17-10-8-7-9-16(17)12-18(19)26(23)32/h7-10,12-15,27-28,33H,11H2,1-6H3/t27-,28-/m1/s1. The number of ether oxygens (including phenoxy) is 3. The molecular weight excluding hydrogens is 458 g/mol. The number of hydrogen-bond donors (Lipinski definition) is 1. The third kappa shape index (κ3) is 3.69. The Labute approximate surface area is 209 Å². The first-order valence-electron chi connectivity index (χ1n) is 12.2. The Hall–Kier alpha value is -3.58. The number of aryl methyl sites for hydroxylation is 1. The Balaban J connectivity index is 1.82. The number of benzene rings is 3. The number of aliphatic hydroxyl groups excluding tert-OH is 1. The Morgan fingerprint density at radius 1 is 1.17 bits per heavy atom. The average molecular weight is 490 g/mol. The third-order valence-electron chi connectivity index (χ3n) is 6.99. The molecule has 1 aromatic heterocycles. The third-order valence-corrected chi connectivity index (χ3v) is 6.99. The summed E-state index contributed by atoms with van der Waals surface area (Å²) in [6.07, 6.45) is -1.95. The molecule has 188 valence electrons. The van der Waals surface area contributed by atoms with Crippen LogP contribution in [-0.4, -0.2) is 34.5 Å². The van der Waals surface area contributed by atoms with Gasteiger partial charge in [-0.25, -0.2) is 0 Å². The fraction of sp³-hybridized carbons (Fsp3) is 0.379. The number of aromatic nitrogens is 1. The van der Waals surface area contributed by atoms with Crippen molar-refractivity contribution < 1.29 is 24.1 Å². The van der Waals surface area contributed by atoms with Gasteiger partial charge in [0.25, 0.3) is 0 Å². The number of carbonyl (C=O) groups excluding carboxylic acids is 1. The molecule has 36 heavy (non-hydrogen) atoms. The van der Waals surface area contributed by atoms with Crippen LogP contribution in [-0.2, 0) is 16.6 Å². The molecule has 1 aliphatic rings. The lowest BCUT2D eigenvalue weighted by atomic mass is 9.86. The van der Waals surface area contributed by atoms with Gasteiger partial charge in [-0.3, -0.25) is 9.59 Å². The second-order valence-electron chi connectivity index (χ2n) is 10.5. The summed E-state index contributed by atoms with van der Waals surface area (Å²) < 4.78 is 19.6. The normalized spacial score (nSPS) is 18.9. The van der Waals surface area contributed by atoms with Crippen molar-refractivity contribution in [2.24, 2.45) is 13.0 Å². The lowest BCUT2D eigenvalue weighted by molar-refractivity contribution is -0.178. The molecule has 4 aromatic rings. The summed E-state index contributed by atoms with van der Waals surface area (Å²) in [6, 6.07) is 13.4. The minimum Gasteiger partial charge on any atom is -0.496 e. The molecular formula is C29H31NO6. The molecule has 7 heteroatoms. The number of methoxy groups -OCH3 is 1. The van der Waals surface area contributed by atoms with E-state index in [4.69, 9.17) is 14.2 Å². The lowest BCUT2D eigenvalue weighted by Crippen LogP contribution is -2.51. The molecule has 3 aromatic carbocycles. The highest BCUT2D eigenvalue weighted by Crippen LogP contribution is 2.47. The number of fused-ring (bicyclic) bond motifs is 5. The molecule has 0 saturated carbocycles. The first-order valence-corrected chi connectivity index (χ1v) is 12.2. The van der Waals surface area contributed by atoms with Crippen LogP contribution in [0.4, 0.5) is 0 Å². The van der Waals surface area contributed by atoms with Crippen LogP contribution in [0.2, 0.25) is 0 Å². The molecule has 0 fully saturated rings. The van der Waals surface area contributed by atoms with Gasteiger partial charge in [-0.05, 0) is 42.7 Å². The van der Waals surface area contributed by atoms with Gasteiger partial charge in [0.05, 0.1) is 29.1 Å². The maximum absolute atomic E-state index is 13.9. The first-order chi connectivity index (χ1) is 17.0. The summed E-state index contributed by atoms with van der Waals surface area (Å²) in [4.78, 5) is 26.5. The van der Waals surface area contributed by atoms with Crippen LogP contribution >= 0.6 is 0 Å². The van der Waals surface area contributed by atoms with Gasteiger partial charge in [-0.2, -0.15) is 0 Å².